The number of hydrogen-bond donors (Lipinski definition) is 1. The summed E-state index contributed by atoms with van der Waals surface area (Å²) < 4.78 is 0. The molecule has 0 heterocycles. The van der Waals surface area contributed by atoms with Crippen LogP contribution in [0.25, 0.3) is 0 Å². The lowest BCUT2D eigenvalue weighted by molar-refractivity contribution is 0.605. The zero-order valence-corrected chi connectivity index (χ0v) is 24.9. The van der Waals surface area contributed by atoms with Crippen LogP contribution < -0.4 is 5.32 Å². The monoisotopic (exact) mass is 505 g/mol. The van der Waals surface area contributed by atoms with Gasteiger partial charge in [0.15, 0.2) is 0 Å². The van der Waals surface area contributed by atoms with E-state index >= 15 is 0 Å². The van der Waals surface area contributed by atoms with Crippen molar-refractivity contribution < 1.29 is 0 Å². The van der Waals surface area contributed by atoms with Crippen molar-refractivity contribution >= 4 is 11.4 Å². The molecule has 0 saturated heterocycles. The zero-order valence-electron chi connectivity index (χ0n) is 24.9. The molecule has 0 aromatic heterocycles. The molecular formula is C36H59N. The number of hydrogen-bond acceptors (Lipinski definition) is 1. The van der Waals surface area contributed by atoms with Crippen LogP contribution in [0.2, 0.25) is 0 Å². The largest absolute Gasteiger partial charge is 0.355 e. The van der Waals surface area contributed by atoms with Gasteiger partial charge in [0.2, 0.25) is 0 Å². The molecule has 0 aliphatic carbocycles. The molecule has 2 aromatic carbocycles. The van der Waals surface area contributed by atoms with Gasteiger partial charge in [-0.05, 0) is 61.3 Å². The maximum Gasteiger partial charge on any atom is 0.0449 e. The van der Waals surface area contributed by atoms with E-state index in [2.05, 4.69) is 68.6 Å². The van der Waals surface area contributed by atoms with Crippen LogP contribution in [-0.4, -0.2) is 0 Å². The quantitative estimate of drug-likeness (QED) is 0.148. The van der Waals surface area contributed by atoms with E-state index in [1.54, 1.807) is 0 Å². The molecular weight excluding hydrogens is 446 g/mol. The maximum absolute atomic E-state index is 3.99. The van der Waals surface area contributed by atoms with Gasteiger partial charge < -0.3 is 5.32 Å². The summed E-state index contributed by atoms with van der Waals surface area (Å²) in [5.74, 6) is 0. The van der Waals surface area contributed by atoms with Gasteiger partial charge in [-0.15, -0.1) is 0 Å². The molecule has 1 nitrogen and oxygen atoms in total. The Morgan fingerprint density at radius 2 is 0.784 bits per heavy atom. The Hall–Kier alpha value is -1.76. The minimum Gasteiger partial charge on any atom is -0.355 e. The molecule has 37 heavy (non-hydrogen) atoms. The summed E-state index contributed by atoms with van der Waals surface area (Å²) >= 11 is 0. The Labute approximate surface area is 231 Å². The lowest BCUT2D eigenvalue weighted by atomic mass is 9.96. The topological polar surface area (TPSA) is 12.0 Å². The first-order valence-corrected chi connectivity index (χ1v) is 16.3. The zero-order chi connectivity index (χ0) is 26.4. The highest BCUT2D eigenvalue weighted by atomic mass is 14.9. The van der Waals surface area contributed by atoms with Crippen molar-refractivity contribution in [2.75, 3.05) is 5.32 Å². The first-order valence-electron chi connectivity index (χ1n) is 16.3. The van der Waals surface area contributed by atoms with E-state index in [1.807, 2.05) is 0 Å². The van der Waals surface area contributed by atoms with Gasteiger partial charge in [-0.3, -0.25) is 0 Å². The van der Waals surface area contributed by atoms with Crippen molar-refractivity contribution in [3.8, 4) is 0 Å². The highest BCUT2D eigenvalue weighted by Crippen LogP contribution is 2.31. The number of aryl methyl sites for hydroxylation is 3. The molecule has 1 heteroatoms. The van der Waals surface area contributed by atoms with Crippen LogP contribution in [0.1, 0.15) is 153 Å². The number of para-hydroxylation sites is 2. The van der Waals surface area contributed by atoms with Crippen molar-refractivity contribution in [3.05, 3.63) is 59.2 Å². The van der Waals surface area contributed by atoms with E-state index in [0.29, 0.717) is 0 Å². The fourth-order valence-electron chi connectivity index (χ4n) is 5.51. The molecule has 0 bridgehead atoms. The summed E-state index contributed by atoms with van der Waals surface area (Å²) in [5.41, 5.74) is 7.27. The average molecular weight is 506 g/mol. The molecule has 0 spiro atoms. The smallest absolute Gasteiger partial charge is 0.0449 e. The van der Waals surface area contributed by atoms with Gasteiger partial charge in [-0.25, -0.2) is 0 Å². The second-order valence-electron chi connectivity index (χ2n) is 11.3. The van der Waals surface area contributed by atoms with E-state index in [4.69, 9.17) is 0 Å². The summed E-state index contributed by atoms with van der Waals surface area (Å²) in [6.45, 7) is 6.90. The average Bonchev–Trinajstić information content (AvgIpc) is 2.92. The number of anilines is 2. The van der Waals surface area contributed by atoms with Crippen LogP contribution in [-0.2, 0) is 19.3 Å². The van der Waals surface area contributed by atoms with Crippen LogP contribution in [0.3, 0.4) is 0 Å². The molecule has 1 N–H and O–H groups in total. The number of nitrogens with one attached hydrogen (secondary N) is 1. The second kappa shape index (κ2) is 21.2. The van der Waals surface area contributed by atoms with Gasteiger partial charge in [-0.2, -0.15) is 0 Å². The molecule has 0 aliphatic rings. The third-order valence-electron chi connectivity index (χ3n) is 7.91. The maximum atomic E-state index is 3.99. The Morgan fingerprint density at radius 3 is 1.27 bits per heavy atom. The number of unbranched alkanes of at least 4 members (excludes halogenated alkanes) is 15. The summed E-state index contributed by atoms with van der Waals surface area (Å²) in [6.07, 6.45) is 28.0. The highest BCUT2D eigenvalue weighted by Gasteiger charge is 2.11. The third kappa shape index (κ3) is 13.6. The SMILES string of the molecule is CCCCCCCCc1ccccc1Nc1c(CCCCCCCC)cccc1CCCCCCCC. The predicted octanol–water partition coefficient (Wildman–Crippen LogP) is 12.1. The second-order valence-corrected chi connectivity index (χ2v) is 11.3. The highest BCUT2D eigenvalue weighted by molar-refractivity contribution is 5.69. The van der Waals surface area contributed by atoms with Gasteiger partial charge in [-0.1, -0.05) is 153 Å². The summed E-state index contributed by atoms with van der Waals surface area (Å²) in [5, 5.41) is 3.99. The van der Waals surface area contributed by atoms with Gasteiger partial charge in [0.25, 0.3) is 0 Å². The Morgan fingerprint density at radius 1 is 0.405 bits per heavy atom. The minimum atomic E-state index is 1.18. The molecule has 0 amide bonds. The van der Waals surface area contributed by atoms with Crippen LogP contribution in [0.4, 0.5) is 11.4 Å². The van der Waals surface area contributed by atoms with Gasteiger partial charge >= 0.3 is 0 Å². The van der Waals surface area contributed by atoms with Gasteiger partial charge in [0.05, 0.1) is 0 Å². The first-order chi connectivity index (χ1) is 18.3. The van der Waals surface area contributed by atoms with Crippen LogP contribution in [0.5, 0.6) is 0 Å². The van der Waals surface area contributed by atoms with Crippen LogP contribution in [0.15, 0.2) is 42.5 Å². The molecule has 0 radical (unpaired) electrons. The minimum absolute atomic E-state index is 1.18. The summed E-state index contributed by atoms with van der Waals surface area (Å²) in [6, 6.07) is 16.2. The number of benzene rings is 2. The standard InChI is InChI=1S/C36H59N/c1-4-7-10-13-16-19-25-32-26-22-23-31-35(32)37-36-33(27-20-17-14-11-8-5-2)29-24-30-34(36)28-21-18-15-12-9-6-3/h22-24,26,29-31,37H,4-21,25,27-28H2,1-3H3. The Bertz CT molecular complexity index is 774. The number of rotatable bonds is 23. The van der Waals surface area contributed by atoms with Crippen LogP contribution >= 0.6 is 0 Å². The molecule has 2 rings (SSSR count). The fourth-order valence-corrected chi connectivity index (χ4v) is 5.51. The molecule has 0 fully saturated rings. The van der Waals surface area contributed by atoms with Gasteiger partial charge in [0.1, 0.15) is 0 Å². The molecule has 2 aromatic rings. The Balaban J connectivity index is 2.07. The molecule has 0 unspecified atom stereocenters. The lowest BCUT2D eigenvalue weighted by Crippen LogP contribution is -2.04. The van der Waals surface area contributed by atoms with E-state index in [9.17, 15) is 0 Å². The van der Waals surface area contributed by atoms with Crippen LogP contribution in [0, 0.1) is 0 Å². The van der Waals surface area contributed by atoms with E-state index < -0.39 is 0 Å². The summed E-state index contributed by atoms with van der Waals surface area (Å²) in [7, 11) is 0. The third-order valence-corrected chi connectivity index (χ3v) is 7.91. The molecule has 0 saturated carbocycles. The van der Waals surface area contributed by atoms with Gasteiger partial charge in [0, 0.05) is 11.4 Å². The normalized spacial score (nSPS) is 11.2. The molecule has 0 atom stereocenters. The molecule has 208 valence electrons. The van der Waals surface area contributed by atoms with E-state index in [1.165, 1.54) is 163 Å². The fraction of sp³-hybridized carbons (Fsp3) is 0.667. The van der Waals surface area contributed by atoms with E-state index in [0.717, 1.165) is 0 Å². The first kappa shape index (κ1) is 31.5. The van der Waals surface area contributed by atoms with Crippen molar-refractivity contribution in [2.45, 2.75) is 156 Å². The predicted molar refractivity (Wildman–Crippen MR) is 167 cm³/mol. The lowest BCUT2D eigenvalue weighted by Gasteiger charge is -2.19. The van der Waals surface area contributed by atoms with Crippen molar-refractivity contribution in [3.63, 3.8) is 0 Å². The summed E-state index contributed by atoms with van der Waals surface area (Å²) in [4.78, 5) is 0. The van der Waals surface area contributed by atoms with Crippen molar-refractivity contribution in [1.29, 1.82) is 0 Å². The Kier molecular flexibility index (Phi) is 18.0. The molecule has 0 aliphatic heterocycles. The van der Waals surface area contributed by atoms with Crippen molar-refractivity contribution in [2.24, 2.45) is 0 Å². The van der Waals surface area contributed by atoms with Crippen molar-refractivity contribution in [1.82, 2.24) is 0 Å². The van der Waals surface area contributed by atoms with E-state index in [-0.39, 0.29) is 0 Å².